The van der Waals surface area contributed by atoms with Crippen LogP contribution < -0.4 is 0 Å². The zero-order valence-electron chi connectivity index (χ0n) is 22.3. The van der Waals surface area contributed by atoms with Crippen molar-refractivity contribution >= 4 is 11.8 Å². The van der Waals surface area contributed by atoms with Crippen LogP contribution in [0.3, 0.4) is 0 Å². The highest BCUT2D eigenvalue weighted by atomic mass is 16.7. The number of Topliss-reactive ketones (excluding diaryl/α,β-unsaturated/α-hetero) is 1. The Kier molecular flexibility index (Phi) is 13.4. The van der Waals surface area contributed by atoms with Crippen molar-refractivity contribution in [2.45, 2.75) is 115 Å². The van der Waals surface area contributed by atoms with Crippen LogP contribution in [0, 0.1) is 23.7 Å². The van der Waals surface area contributed by atoms with E-state index in [1.807, 2.05) is 19.1 Å². The van der Waals surface area contributed by atoms with Crippen LogP contribution in [0.2, 0.25) is 0 Å². The first-order chi connectivity index (χ1) is 18.1. The fourth-order valence-corrected chi connectivity index (χ4v) is 5.20. The Morgan fingerprint density at radius 3 is 2.57 bits per heavy atom. The number of rotatable bonds is 14. The van der Waals surface area contributed by atoms with Crippen LogP contribution in [-0.2, 0) is 28.5 Å². The van der Waals surface area contributed by atoms with Crippen molar-refractivity contribution in [1.82, 2.24) is 0 Å². The average molecular weight is 517 g/mol. The number of hydrogen-bond acceptors (Lipinski definition) is 6. The normalized spacial score (nSPS) is 29.4. The first-order valence-electron chi connectivity index (χ1n) is 14.1. The van der Waals surface area contributed by atoms with Crippen molar-refractivity contribution in [1.29, 1.82) is 0 Å². The summed E-state index contributed by atoms with van der Waals surface area (Å²) in [7, 11) is 0. The van der Waals surface area contributed by atoms with E-state index in [0.717, 1.165) is 58.0 Å². The molecular formula is C30H44O7. The average Bonchev–Trinajstić information content (AvgIpc) is 3.19. The molecule has 2 aliphatic heterocycles. The second-order valence-electron chi connectivity index (χ2n) is 10.1. The number of allylic oxidation sites excluding steroid dienone is 2. The highest BCUT2D eigenvalue weighted by molar-refractivity contribution is 5.85. The van der Waals surface area contributed by atoms with Gasteiger partial charge in [0.05, 0.1) is 12.2 Å². The molecule has 0 aromatic rings. The number of unbranched alkanes of at least 4 members (excludes halogenated alkanes) is 1. The van der Waals surface area contributed by atoms with Crippen molar-refractivity contribution in [3.05, 3.63) is 24.3 Å². The largest absolute Gasteiger partial charge is 0.481 e. The summed E-state index contributed by atoms with van der Waals surface area (Å²) < 4.78 is 24.3. The minimum atomic E-state index is -0.783. The van der Waals surface area contributed by atoms with E-state index in [1.165, 1.54) is 0 Å². The standard InChI is InChI=1S/C30H44O7/c1-2-3-6-13-23(36-29-16-9-11-20-34-29)18-19-25-24(14-7-4-5-8-15-28(32)33)26(31)22-27(25)37-30-17-10-12-21-35-30/h4,7,18-19,23-25,27,29-30H,5-6,8-17,20-22H2,1H3,(H,32,33)/b7-4-,19-18+/t23-,24+,25+,27+,29?,30?/m0/s1. The van der Waals surface area contributed by atoms with Gasteiger partial charge in [0.1, 0.15) is 5.78 Å². The molecule has 206 valence electrons. The van der Waals surface area contributed by atoms with Gasteiger partial charge in [0.2, 0.25) is 0 Å². The minimum Gasteiger partial charge on any atom is -0.481 e. The summed E-state index contributed by atoms with van der Waals surface area (Å²) in [6.45, 7) is 3.27. The third-order valence-electron chi connectivity index (χ3n) is 7.24. The number of ketones is 1. The maximum absolute atomic E-state index is 13.1. The van der Waals surface area contributed by atoms with Crippen molar-refractivity contribution in [3.8, 4) is 11.8 Å². The molecule has 2 heterocycles. The van der Waals surface area contributed by atoms with Crippen LogP contribution in [0.25, 0.3) is 0 Å². The number of aliphatic carboxylic acids is 1. The maximum Gasteiger partial charge on any atom is 0.303 e. The molecule has 6 atom stereocenters. The molecule has 0 aromatic heterocycles. The van der Waals surface area contributed by atoms with E-state index in [1.54, 1.807) is 0 Å². The Balaban J connectivity index is 1.68. The Morgan fingerprint density at radius 1 is 1.14 bits per heavy atom. The predicted octanol–water partition coefficient (Wildman–Crippen LogP) is 5.58. The van der Waals surface area contributed by atoms with Crippen LogP contribution >= 0.6 is 0 Å². The van der Waals surface area contributed by atoms with Gasteiger partial charge in [-0.25, -0.2) is 0 Å². The van der Waals surface area contributed by atoms with Gasteiger partial charge in [0.25, 0.3) is 0 Å². The number of carboxylic acids is 1. The van der Waals surface area contributed by atoms with Crippen LogP contribution in [0.4, 0.5) is 0 Å². The molecule has 0 amide bonds. The Labute approximate surface area is 221 Å². The second kappa shape index (κ2) is 16.8. The lowest BCUT2D eigenvalue weighted by atomic mass is 9.90. The van der Waals surface area contributed by atoms with Gasteiger partial charge in [-0.1, -0.05) is 24.3 Å². The summed E-state index contributed by atoms with van der Waals surface area (Å²) in [4.78, 5) is 23.8. The molecule has 2 unspecified atom stereocenters. The SMILES string of the molecule is CC#CCC[C@@H](/C=C/[C@H]1[C@H](OC2CCCCO2)CC(=O)[C@@H]1C/C=C\CCCC(=O)O)OC1CCCCO1. The van der Waals surface area contributed by atoms with Gasteiger partial charge in [-0.3, -0.25) is 9.59 Å². The first-order valence-corrected chi connectivity index (χ1v) is 14.1. The van der Waals surface area contributed by atoms with Crippen molar-refractivity contribution in [3.63, 3.8) is 0 Å². The number of carboxylic acid groups (broad SMARTS) is 1. The smallest absolute Gasteiger partial charge is 0.303 e. The van der Waals surface area contributed by atoms with Crippen molar-refractivity contribution in [2.24, 2.45) is 11.8 Å². The number of hydrogen-bond donors (Lipinski definition) is 1. The lowest BCUT2D eigenvalue weighted by Crippen LogP contribution is -2.31. The fraction of sp³-hybridized carbons (Fsp3) is 0.733. The lowest BCUT2D eigenvalue weighted by Gasteiger charge is -2.29. The van der Waals surface area contributed by atoms with E-state index in [9.17, 15) is 9.59 Å². The van der Waals surface area contributed by atoms with Crippen LogP contribution in [0.5, 0.6) is 0 Å². The summed E-state index contributed by atoms with van der Waals surface area (Å²) in [5, 5.41) is 8.83. The zero-order chi connectivity index (χ0) is 26.3. The van der Waals surface area contributed by atoms with Gasteiger partial charge < -0.3 is 24.1 Å². The van der Waals surface area contributed by atoms with Crippen LogP contribution in [0.15, 0.2) is 24.3 Å². The molecule has 0 radical (unpaired) electrons. The predicted molar refractivity (Wildman–Crippen MR) is 141 cm³/mol. The van der Waals surface area contributed by atoms with Gasteiger partial charge in [-0.05, 0) is 71.1 Å². The molecular weight excluding hydrogens is 472 g/mol. The highest BCUT2D eigenvalue weighted by Gasteiger charge is 2.42. The third kappa shape index (κ3) is 10.7. The quantitative estimate of drug-likeness (QED) is 0.183. The van der Waals surface area contributed by atoms with E-state index in [4.69, 9.17) is 24.1 Å². The van der Waals surface area contributed by atoms with Crippen molar-refractivity contribution < 1.29 is 33.6 Å². The Hall–Kier alpha value is -1.98. The molecule has 0 bridgehead atoms. The van der Waals surface area contributed by atoms with Crippen LogP contribution in [-0.4, -0.2) is 54.9 Å². The van der Waals surface area contributed by atoms with Gasteiger partial charge in [-0.15, -0.1) is 11.8 Å². The molecule has 3 fully saturated rings. The van der Waals surface area contributed by atoms with E-state index in [2.05, 4.69) is 24.0 Å². The molecule has 7 heteroatoms. The Morgan fingerprint density at radius 2 is 1.89 bits per heavy atom. The van der Waals surface area contributed by atoms with Gasteiger partial charge in [0.15, 0.2) is 12.6 Å². The zero-order valence-corrected chi connectivity index (χ0v) is 22.3. The summed E-state index contributed by atoms with van der Waals surface area (Å²) in [5.74, 6) is 5.25. The second-order valence-corrected chi connectivity index (χ2v) is 10.1. The molecule has 0 aromatic carbocycles. The molecule has 7 nitrogen and oxygen atoms in total. The third-order valence-corrected chi connectivity index (χ3v) is 7.24. The minimum absolute atomic E-state index is 0.0719. The van der Waals surface area contributed by atoms with E-state index in [-0.39, 0.29) is 48.8 Å². The van der Waals surface area contributed by atoms with E-state index < -0.39 is 5.97 Å². The lowest BCUT2D eigenvalue weighted by molar-refractivity contribution is -0.192. The van der Waals surface area contributed by atoms with Crippen molar-refractivity contribution in [2.75, 3.05) is 13.2 Å². The number of carbonyl (C=O) groups is 2. The summed E-state index contributed by atoms with van der Waals surface area (Å²) in [6, 6.07) is 0. The molecule has 0 spiro atoms. The number of ether oxygens (including phenoxy) is 4. The van der Waals surface area contributed by atoms with Gasteiger partial charge in [-0.2, -0.15) is 0 Å². The molecule has 3 rings (SSSR count). The molecule has 1 N–H and O–H groups in total. The van der Waals surface area contributed by atoms with Gasteiger partial charge >= 0.3 is 5.97 Å². The molecule has 1 saturated carbocycles. The topological polar surface area (TPSA) is 91.3 Å². The highest BCUT2D eigenvalue weighted by Crippen LogP contribution is 2.37. The molecule has 2 saturated heterocycles. The molecule has 1 aliphatic carbocycles. The van der Waals surface area contributed by atoms with Crippen LogP contribution in [0.1, 0.15) is 90.4 Å². The van der Waals surface area contributed by atoms with E-state index in [0.29, 0.717) is 32.3 Å². The molecule has 37 heavy (non-hydrogen) atoms. The van der Waals surface area contributed by atoms with Gasteiger partial charge in [0, 0.05) is 44.3 Å². The summed E-state index contributed by atoms with van der Waals surface area (Å²) >= 11 is 0. The van der Waals surface area contributed by atoms with E-state index >= 15 is 0 Å². The summed E-state index contributed by atoms with van der Waals surface area (Å²) in [6.07, 6.45) is 17.4. The maximum atomic E-state index is 13.1. The Bertz CT molecular complexity index is 812. The fourth-order valence-electron chi connectivity index (χ4n) is 5.20. The number of carbonyl (C=O) groups excluding carboxylic acids is 1. The summed E-state index contributed by atoms with van der Waals surface area (Å²) in [5.41, 5.74) is 0. The monoisotopic (exact) mass is 516 g/mol. The first kappa shape index (κ1) is 29.6. The molecule has 3 aliphatic rings.